The number of carbonyl (C=O) groups excluding carboxylic acids is 2. The lowest BCUT2D eigenvalue weighted by Gasteiger charge is -2.38. The second kappa shape index (κ2) is 85.5. The highest BCUT2D eigenvalue weighted by Gasteiger charge is 2.45. The molecule has 0 fully saturated rings. The van der Waals surface area contributed by atoms with Crippen LogP contribution in [0.4, 0.5) is 0 Å². The van der Waals surface area contributed by atoms with Crippen molar-refractivity contribution in [2.24, 2.45) is 86.0 Å². The van der Waals surface area contributed by atoms with Crippen molar-refractivity contribution in [3.63, 3.8) is 0 Å². The topological polar surface area (TPSA) is 548 Å². The molecule has 0 aromatic rings. The van der Waals surface area contributed by atoms with Gasteiger partial charge in [-0.05, 0) is 357 Å². The Bertz CT molecular complexity index is 1850. The number of rotatable bonds is 97. The third-order valence-electron chi connectivity index (χ3n) is 20.7. The Labute approximate surface area is 717 Å². The predicted octanol–water partition coefficient (Wildman–Crippen LogP) is -1.95. The summed E-state index contributed by atoms with van der Waals surface area (Å²) in [5.74, 6) is -1.34. The lowest BCUT2D eigenvalue weighted by molar-refractivity contribution is -0.186. The lowest BCUT2D eigenvalue weighted by atomic mass is 10.1. The van der Waals surface area contributed by atoms with Gasteiger partial charge in [-0.25, -0.2) is 0 Å². The lowest BCUT2D eigenvalue weighted by Crippen LogP contribution is -2.65. The van der Waals surface area contributed by atoms with E-state index < -0.39 is 35.5 Å². The summed E-state index contributed by atoms with van der Waals surface area (Å²) in [6, 6.07) is 0. The van der Waals surface area contributed by atoms with Crippen LogP contribution in [0.1, 0.15) is 167 Å². The molecule has 0 aliphatic carbocycles. The third kappa shape index (κ3) is 64.4. The maximum atomic E-state index is 16.7. The van der Waals surface area contributed by atoms with Gasteiger partial charge in [-0.2, -0.15) is 0 Å². The van der Waals surface area contributed by atoms with Gasteiger partial charge in [0.15, 0.2) is 23.7 Å². The molecular weight excluding hydrogens is 1510 g/mol. The van der Waals surface area contributed by atoms with E-state index in [1.54, 1.807) is 0 Å². The van der Waals surface area contributed by atoms with Crippen LogP contribution in [0.3, 0.4) is 0 Å². The van der Waals surface area contributed by atoms with Crippen molar-refractivity contribution in [1.29, 1.82) is 0 Å². The fourth-order valence-corrected chi connectivity index (χ4v) is 14.1. The Morgan fingerprint density at radius 1 is 0.229 bits per heavy atom. The summed E-state index contributed by atoms with van der Waals surface area (Å²) >= 11 is 0. The van der Waals surface area contributed by atoms with Gasteiger partial charge < -0.3 is 174 Å². The van der Waals surface area contributed by atoms with Crippen molar-refractivity contribution in [2.75, 3.05) is 335 Å². The molecule has 118 heavy (non-hydrogen) atoms. The van der Waals surface area contributed by atoms with Gasteiger partial charge in [-0.1, -0.05) is 13.3 Å². The van der Waals surface area contributed by atoms with E-state index >= 15 is 9.59 Å². The zero-order valence-corrected chi connectivity index (χ0v) is 75.2. The van der Waals surface area contributed by atoms with Gasteiger partial charge in [-0.15, -0.1) is 0 Å². The van der Waals surface area contributed by atoms with E-state index in [1.165, 1.54) is 0 Å². The van der Waals surface area contributed by atoms with Gasteiger partial charge in [0, 0.05) is 92.0 Å². The third-order valence-corrected chi connectivity index (χ3v) is 20.7. The van der Waals surface area contributed by atoms with E-state index in [-0.39, 0.29) is 52.9 Å². The molecule has 32 N–H and O–H groups in total. The van der Waals surface area contributed by atoms with Crippen molar-refractivity contribution >= 4 is 11.8 Å². The van der Waals surface area contributed by atoms with E-state index in [0.29, 0.717) is 196 Å². The van der Waals surface area contributed by atoms with Crippen LogP contribution >= 0.6 is 0 Å². The number of nitrogens with zero attached hydrogens (tertiary/aromatic N) is 8. The molecule has 0 aliphatic rings. The quantitative estimate of drug-likeness (QED) is 0.0232. The second-order valence-electron chi connectivity index (χ2n) is 31.5. The van der Waals surface area contributed by atoms with Crippen molar-refractivity contribution < 1.29 is 47.5 Å². The van der Waals surface area contributed by atoms with Crippen molar-refractivity contribution in [1.82, 2.24) is 49.8 Å². The number of carbonyl (C=O) groups is 2. The highest BCUT2D eigenvalue weighted by atomic mass is 16.6. The Morgan fingerprint density at radius 3 is 0.551 bits per heavy atom. The van der Waals surface area contributed by atoms with Crippen LogP contribution in [-0.2, 0) is 47.5 Å². The molecule has 35 nitrogen and oxygen atoms in total. The molecule has 0 aromatic heterocycles. The SMILES string of the molecule is CCCCN(CCCN)CCCOC(COCCCN(CCCN)CCCN)(COCCCN(CCCN)CCCN)NC(=O)C(OCCCN(CCCN)CCCN)C(OCCCN(CCCN)CCCN)C(=O)NC(COCCCN(CCCN)CCCN)(COCCCN(CCCN)CCCN)OCCCN(CCCN)CCCN. The first kappa shape index (κ1) is 116. The first-order valence-electron chi connectivity index (χ1n) is 46.5. The van der Waals surface area contributed by atoms with Gasteiger partial charge in [-0.3, -0.25) is 9.59 Å². The van der Waals surface area contributed by atoms with Crippen LogP contribution in [0.25, 0.3) is 0 Å². The first-order chi connectivity index (χ1) is 57.7. The smallest absolute Gasteiger partial charge is 0.254 e. The summed E-state index contributed by atoms with van der Waals surface area (Å²) < 4.78 is 55.8. The molecule has 0 aromatic carbocycles. The average molecular weight is 1700 g/mol. The van der Waals surface area contributed by atoms with Crippen LogP contribution in [-0.4, -0.2) is 409 Å². The molecule has 2 amide bonds. The fraction of sp³-hybridized carbons (Fsp3) is 0.976. The van der Waals surface area contributed by atoms with E-state index in [9.17, 15) is 0 Å². The Hall–Kier alpha value is -2.30. The number of ether oxygens (including phenoxy) is 8. The maximum Gasteiger partial charge on any atom is 0.254 e. The molecule has 35 heteroatoms. The molecule has 0 saturated carbocycles. The van der Waals surface area contributed by atoms with Crippen LogP contribution < -0.4 is 96.6 Å². The number of unbranched alkanes of at least 4 members (excludes halogenated alkanes) is 1. The summed E-state index contributed by atoms with van der Waals surface area (Å²) in [6.07, 6.45) is 16.0. The molecule has 0 radical (unpaired) electrons. The second-order valence-corrected chi connectivity index (χ2v) is 31.5. The van der Waals surface area contributed by atoms with Gasteiger partial charge in [0.2, 0.25) is 0 Å². The molecule has 2 atom stereocenters. The summed E-state index contributed by atoms with van der Waals surface area (Å²) in [5, 5.41) is 6.78. The maximum absolute atomic E-state index is 16.7. The highest BCUT2D eigenvalue weighted by Crippen LogP contribution is 2.21. The monoisotopic (exact) mass is 1700 g/mol. The molecule has 2 unspecified atom stereocenters. The number of nitrogens with one attached hydrogen (secondary N) is 2. The van der Waals surface area contributed by atoms with Gasteiger partial charge in [0.1, 0.15) is 0 Å². The molecule has 0 bridgehead atoms. The molecular formula is C83H189N25O10. The van der Waals surface area contributed by atoms with E-state index in [4.69, 9.17) is 124 Å². The van der Waals surface area contributed by atoms with E-state index in [2.05, 4.69) is 56.8 Å². The number of hydrogen-bond donors (Lipinski definition) is 17. The van der Waals surface area contributed by atoms with Crippen molar-refractivity contribution in [2.45, 2.75) is 191 Å². The van der Waals surface area contributed by atoms with E-state index in [0.717, 1.165) is 247 Å². The Morgan fingerprint density at radius 2 is 0.381 bits per heavy atom. The van der Waals surface area contributed by atoms with Crippen LogP contribution in [0, 0.1) is 0 Å². The largest absolute Gasteiger partial charge is 0.376 e. The summed E-state index contributed by atoms with van der Waals surface area (Å²) in [5.41, 5.74) is 87.7. The van der Waals surface area contributed by atoms with Gasteiger partial charge in [0.05, 0.1) is 39.6 Å². The number of amides is 2. The average Bonchev–Trinajstić information content (AvgIpc) is 0.813. The number of hydrogen-bond acceptors (Lipinski definition) is 33. The standard InChI is InChI=1S/C83H189N25O10/c1-2-3-42-101(43-4-27-84)64-25-72-117-82(74-111-66-19-58-102(44-5-28-85)45-6-29-86,75-112-67-20-59-103(46-7-30-87)47-8-31-88)99-80(109)78(115-70-23-62-106(52-13-36-93)53-14-37-94)79(116-71-24-63-107(54-15-38-95)55-16-39-96)81(110)100-83(118-73-26-65-108(56-17-40-97)57-18-41-98,76-113-68-21-60-104(48-9-32-89)49-10-33-90)77-114-69-22-61-105(50-11-34-91)51-12-35-92/h78-79H,2-77,84-98H2,1H3,(H,99,109)(H,100,110). The minimum Gasteiger partial charge on any atom is -0.376 e. The normalized spacial score (nSPS) is 13.0. The zero-order chi connectivity index (χ0) is 86.7. The minimum atomic E-state index is -1.65. The van der Waals surface area contributed by atoms with Gasteiger partial charge in [0.25, 0.3) is 11.8 Å². The predicted molar refractivity (Wildman–Crippen MR) is 485 cm³/mol. The van der Waals surface area contributed by atoms with Crippen molar-refractivity contribution in [3.8, 4) is 0 Å². The molecule has 0 heterocycles. The zero-order valence-electron chi connectivity index (χ0n) is 75.2. The fourth-order valence-electron chi connectivity index (χ4n) is 14.1. The van der Waals surface area contributed by atoms with Crippen LogP contribution in [0.2, 0.25) is 0 Å². The van der Waals surface area contributed by atoms with Gasteiger partial charge >= 0.3 is 0 Å². The van der Waals surface area contributed by atoms with Crippen LogP contribution in [0.15, 0.2) is 0 Å². The summed E-state index contributed by atoms with van der Waals surface area (Å²) in [6.45, 7) is 30.3. The molecule has 0 rings (SSSR count). The van der Waals surface area contributed by atoms with Crippen molar-refractivity contribution in [3.05, 3.63) is 0 Å². The Balaban J connectivity index is 9.24. The summed E-state index contributed by atoms with van der Waals surface area (Å²) in [7, 11) is 0. The number of nitrogens with two attached hydrogens (primary N) is 15. The molecule has 706 valence electrons. The van der Waals surface area contributed by atoms with E-state index in [1.807, 2.05) is 0 Å². The highest BCUT2D eigenvalue weighted by molar-refractivity contribution is 5.91. The van der Waals surface area contributed by atoms with Crippen LogP contribution in [0.5, 0.6) is 0 Å². The molecule has 0 aliphatic heterocycles. The Kier molecular flexibility index (Phi) is 83.8. The minimum absolute atomic E-state index is 0.0462. The first-order valence-corrected chi connectivity index (χ1v) is 46.5. The molecule has 0 spiro atoms. The summed E-state index contributed by atoms with van der Waals surface area (Å²) in [4.78, 5) is 52.3. The molecule has 0 saturated heterocycles.